The molecule has 0 fully saturated rings. The summed E-state index contributed by atoms with van der Waals surface area (Å²) in [5.41, 5.74) is -0.296. The summed E-state index contributed by atoms with van der Waals surface area (Å²) in [4.78, 5) is 46.9. The van der Waals surface area contributed by atoms with E-state index in [1.54, 1.807) is 0 Å². The van der Waals surface area contributed by atoms with E-state index in [1.165, 1.54) is 41.1 Å². The van der Waals surface area contributed by atoms with Gasteiger partial charge in [0.2, 0.25) is 5.95 Å². The number of non-ortho nitro benzene ring substituents is 2. The second-order valence-electron chi connectivity index (χ2n) is 6.74. The first-order valence-electron chi connectivity index (χ1n) is 9.22. The van der Waals surface area contributed by atoms with Crippen molar-refractivity contribution in [2.24, 2.45) is 0 Å². The highest BCUT2D eigenvalue weighted by atomic mass is 16.6. The summed E-state index contributed by atoms with van der Waals surface area (Å²) in [6, 6.07) is 9.09. The highest BCUT2D eigenvalue weighted by molar-refractivity contribution is 6.15. The van der Waals surface area contributed by atoms with Crippen LogP contribution in [0, 0.1) is 20.2 Å². The van der Waals surface area contributed by atoms with Gasteiger partial charge >= 0.3 is 5.97 Å². The maximum absolute atomic E-state index is 13.5. The second-order valence-corrected chi connectivity index (χ2v) is 6.74. The zero-order valence-corrected chi connectivity index (χ0v) is 16.7. The number of tetrazole rings is 1. The van der Waals surface area contributed by atoms with Gasteiger partial charge < -0.3 is 10.1 Å². The summed E-state index contributed by atoms with van der Waals surface area (Å²) in [5, 5.41) is 35.9. The Balaban J connectivity index is 1.89. The van der Waals surface area contributed by atoms with E-state index in [-0.39, 0.29) is 34.2 Å². The van der Waals surface area contributed by atoms with Crippen molar-refractivity contribution in [3.8, 4) is 0 Å². The Morgan fingerprint density at radius 1 is 1.00 bits per heavy atom. The molecule has 1 aromatic heterocycles. The minimum Gasteiger partial charge on any atom is -0.464 e. The fraction of sp³-hybridized carbons (Fsp3) is 0.105. The van der Waals surface area contributed by atoms with Gasteiger partial charge in [-0.1, -0.05) is 5.10 Å². The first-order valence-corrected chi connectivity index (χ1v) is 9.22. The molecule has 2 heterocycles. The van der Waals surface area contributed by atoms with Crippen molar-refractivity contribution < 1.29 is 24.2 Å². The largest absolute Gasteiger partial charge is 0.464 e. The molecular formula is C19H13N7O7. The number of anilines is 1. The quantitative estimate of drug-likeness (QED) is 0.249. The first kappa shape index (κ1) is 21.2. The Morgan fingerprint density at radius 2 is 1.58 bits per heavy atom. The predicted octanol–water partition coefficient (Wildman–Crippen LogP) is 1.81. The third-order valence-electron chi connectivity index (χ3n) is 4.91. The summed E-state index contributed by atoms with van der Waals surface area (Å²) < 4.78 is 6.06. The molecule has 1 N–H and O–H groups in total. The number of nitro benzene ring substituents is 2. The van der Waals surface area contributed by atoms with Crippen molar-refractivity contribution in [1.82, 2.24) is 20.2 Å². The SMILES string of the molecule is COC(=O)C1=C(C(=O)c2ccc([N+](=O)[O-])cc2)[C@H](c2ccc([N+](=O)[O-])cc2)n2nnnc2N1. The number of fused-ring (bicyclic) bond motifs is 1. The van der Waals surface area contributed by atoms with Crippen molar-refractivity contribution in [2.75, 3.05) is 12.4 Å². The Bertz CT molecular complexity index is 1310. The zero-order valence-electron chi connectivity index (χ0n) is 16.7. The van der Waals surface area contributed by atoms with E-state index in [4.69, 9.17) is 4.74 Å². The number of Topliss-reactive ketones (excluding diaryl/α,β-unsaturated/α-hetero) is 1. The minimum atomic E-state index is -1.05. The summed E-state index contributed by atoms with van der Waals surface area (Å²) in [6.45, 7) is 0. The van der Waals surface area contributed by atoms with Gasteiger partial charge in [-0.3, -0.25) is 25.0 Å². The molecular weight excluding hydrogens is 438 g/mol. The lowest BCUT2D eigenvalue weighted by molar-refractivity contribution is -0.385. The van der Waals surface area contributed by atoms with E-state index in [9.17, 15) is 29.8 Å². The van der Waals surface area contributed by atoms with Gasteiger partial charge in [-0.05, 0) is 40.3 Å². The van der Waals surface area contributed by atoms with Crippen LogP contribution in [-0.4, -0.2) is 48.9 Å². The summed E-state index contributed by atoms with van der Waals surface area (Å²) in [6.07, 6.45) is 0. The van der Waals surface area contributed by atoms with Gasteiger partial charge in [0.05, 0.1) is 22.5 Å². The van der Waals surface area contributed by atoms with Gasteiger partial charge in [0.15, 0.2) is 5.78 Å². The average Bonchev–Trinajstić information content (AvgIpc) is 3.30. The van der Waals surface area contributed by atoms with Crippen molar-refractivity contribution >= 4 is 29.1 Å². The summed E-state index contributed by atoms with van der Waals surface area (Å²) in [7, 11) is 1.13. The number of nitrogens with one attached hydrogen (secondary N) is 1. The van der Waals surface area contributed by atoms with Crippen molar-refractivity contribution in [3.63, 3.8) is 0 Å². The molecule has 0 aliphatic carbocycles. The number of ketones is 1. The Hall–Kier alpha value is -5.01. The molecule has 0 saturated heterocycles. The lowest BCUT2D eigenvalue weighted by Gasteiger charge is -2.28. The van der Waals surface area contributed by atoms with Crippen LogP contribution in [0.15, 0.2) is 59.8 Å². The fourth-order valence-electron chi connectivity index (χ4n) is 3.36. The van der Waals surface area contributed by atoms with Crippen molar-refractivity contribution in [1.29, 1.82) is 0 Å². The molecule has 14 nitrogen and oxygen atoms in total. The molecule has 33 heavy (non-hydrogen) atoms. The molecule has 14 heteroatoms. The molecule has 4 rings (SSSR count). The number of allylic oxidation sites excluding steroid dienone is 1. The molecule has 0 spiro atoms. The van der Waals surface area contributed by atoms with Crippen LogP contribution >= 0.6 is 0 Å². The Morgan fingerprint density at radius 3 is 2.12 bits per heavy atom. The van der Waals surface area contributed by atoms with E-state index in [2.05, 4.69) is 20.8 Å². The van der Waals surface area contributed by atoms with E-state index in [0.717, 1.165) is 19.2 Å². The molecule has 2 aromatic carbocycles. The molecule has 0 amide bonds. The number of esters is 1. The molecule has 1 aliphatic rings. The average molecular weight is 451 g/mol. The number of ether oxygens (including phenoxy) is 1. The predicted molar refractivity (Wildman–Crippen MR) is 109 cm³/mol. The van der Waals surface area contributed by atoms with Crippen LogP contribution in [0.25, 0.3) is 0 Å². The monoisotopic (exact) mass is 451 g/mol. The van der Waals surface area contributed by atoms with E-state index >= 15 is 0 Å². The molecule has 0 bridgehead atoms. The van der Waals surface area contributed by atoms with Gasteiger partial charge in [0.25, 0.3) is 11.4 Å². The molecule has 1 atom stereocenters. The van der Waals surface area contributed by atoms with Crippen LogP contribution in [0.2, 0.25) is 0 Å². The number of aromatic nitrogens is 4. The third-order valence-corrected chi connectivity index (χ3v) is 4.91. The Kier molecular flexibility index (Phi) is 5.31. The number of carbonyl (C=O) groups excluding carboxylic acids is 2. The van der Waals surface area contributed by atoms with Crippen molar-refractivity contribution in [3.05, 3.63) is 91.2 Å². The van der Waals surface area contributed by atoms with E-state index in [1.807, 2.05) is 0 Å². The van der Waals surface area contributed by atoms with Gasteiger partial charge in [0.1, 0.15) is 11.7 Å². The van der Waals surface area contributed by atoms with Crippen LogP contribution in [-0.2, 0) is 9.53 Å². The number of nitrogens with zero attached hydrogens (tertiary/aromatic N) is 6. The molecule has 1 aliphatic heterocycles. The number of benzene rings is 2. The Labute approximate surface area is 183 Å². The minimum absolute atomic E-state index is 0.0407. The van der Waals surface area contributed by atoms with Crippen molar-refractivity contribution in [2.45, 2.75) is 6.04 Å². The highest BCUT2D eigenvalue weighted by Gasteiger charge is 2.38. The van der Waals surface area contributed by atoms with E-state index < -0.39 is 27.6 Å². The molecule has 0 unspecified atom stereocenters. The number of nitro groups is 2. The summed E-state index contributed by atoms with van der Waals surface area (Å²) in [5.74, 6) is -1.48. The normalized spacial score (nSPS) is 14.8. The molecule has 3 aromatic rings. The van der Waals surface area contributed by atoms with Gasteiger partial charge in [-0.15, -0.1) is 0 Å². The van der Waals surface area contributed by atoms with Crippen LogP contribution < -0.4 is 5.32 Å². The number of hydrogen-bond donors (Lipinski definition) is 1. The zero-order chi connectivity index (χ0) is 23.7. The number of hydrogen-bond acceptors (Lipinski definition) is 11. The molecule has 0 radical (unpaired) electrons. The van der Waals surface area contributed by atoms with Crippen LogP contribution in [0.5, 0.6) is 0 Å². The smallest absolute Gasteiger partial charge is 0.355 e. The number of methoxy groups -OCH3 is 1. The van der Waals surface area contributed by atoms with Crippen LogP contribution in [0.1, 0.15) is 22.0 Å². The molecule has 166 valence electrons. The van der Waals surface area contributed by atoms with Gasteiger partial charge in [-0.2, -0.15) is 4.68 Å². The van der Waals surface area contributed by atoms with Gasteiger partial charge in [0, 0.05) is 29.8 Å². The summed E-state index contributed by atoms with van der Waals surface area (Å²) >= 11 is 0. The lowest BCUT2D eigenvalue weighted by atomic mass is 9.89. The molecule has 0 saturated carbocycles. The van der Waals surface area contributed by atoms with E-state index in [0.29, 0.717) is 5.56 Å². The maximum Gasteiger partial charge on any atom is 0.355 e. The highest BCUT2D eigenvalue weighted by Crippen LogP contribution is 2.37. The fourth-order valence-corrected chi connectivity index (χ4v) is 3.36. The van der Waals surface area contributed by atoms with Crippen LogP contribution in [0.3, 0.4) is 0 Å². The number of rotatable bonds is 6. The lowest BCUT2D eigenvalue weighted by Crippen LogP contribution is -2.32. The second kappa shape index (κ2) is 8.26. The third kappa shape index (κ3) is 3.76. The topological polar surface area (TPSA) is 185 Å². The number of carbonyl (C=O) groups is 2. The van der Waals surface area contributed by atoms with Crippen LogP contribution in [0.4, 0.5) is 17.3 Å². The maximum atomic E-state index is 13.5. The first-order chi connectivity index (χ1) is 15.8. The van der Waals surface area contributed by atoms with Gasteiger partial charge in [-0.25, -0.2) is 4.79 Å². The standard InChI is InChI=1S/C19H13N7O7/c1-33-18(28)15-14(17(27)11-4-8-13(9-5-11)26(31)32)16(24-19(20-15)21-22-23-24)10-2-6-12(7-3-10)25(29)30/h2-9,16H,1H3,(H,20,21,23)/t16-/m0/s1.